The maximum Gasteiger partial charge on any atom is 0.157 e. The van der Waals surface area contributed by atoms with Crippen LogP contribution in [0.25, 0.3) is 5.65 Å². The second kappa shape index (κ2) is 5.30. The number of β-amino-alcohol motifs (C(OH)–C–C–N with tert-alkyl or cyclic N) is 1. The average molecular weight is 286 g/mol. The van der Waals surface area contributed by atoms with E-state index in [0.717, 1.165) is 24.4 Å². The molecule has 2 fully saturated rings. The van der Waals surface area contributed by atoms with Gasteiger partial charge in [-0.2, -0.15) is 9.61 Å². The molecule has 0 radical (unpaired) electrons. The highest BCUT2D eigenvalue weighted by molar-refractivity contribution is 5.52. The summed E-state index contributed by atoms with van der Waals surface area (Å²) in [6.45, 7) is 1.59. The van der Waals surface area contributed by atoms with Crippen molar-refractivity contribution in [3.8, 4) is 0 Å². The standard InChI is InChI=1S/C16H22N4O/c21-13-7-9-19(11-13)16-10-14(12-4-2-1-3-5-12)18-15-6-8-17-20(15)16/h6,8,10,12-13,21H,1-5,7,9,11H2. The van der Waals surface area contributed by atoms with Gasteiger partial charge in [0.05, 0.1) is 12.3 Å². The minimum Gasteiger partial charge on any atom is -0.391 e. The van der Waals surface area contributed by atoms with Crippen molar-refractivity contribution in [1.82, 2.24) is 14.6 Å². The monoisotopic (exact) mass is 286 g/mol. The van der Waals surface area contributed by atoms with Crippen molar-refractivity contribution in [3.63, 3.8) is 0 Å². The third-order valence-corrected chi connectivity index (χ3v) is 4.87. The molecule has 2 aromatic heterocycles. The van der Waals surface area contributed by atoms with Gasteiger partial charge in [-0.25, -0.2) is 4.98 Å². The van der Waals surface area contributed by atoms with Gasteiger partial charge in [-0.15, -0.1) is 0 Å². The van der Waals surface area contributed by atoms with Crippen molar-refractivity contribution in [2.24, 2.45) is 0 Å². The Morgan fingerprint density at radius 2 is 2.00 bits per heavy atom. The predicted octanol–water partition coefficient (Wildman–Crippen LogP) is 2.35. The summed E-state index contributed by atoms with van der Waals surface area (Å²) in [5.41, 5.74) is 2.13. The molecule has 1 unspecified atom stereocenters. The number of hydrogen-bond donors (Lipinski definition) is 1. The second-order valence-electron chi connectivity index (χ2n) is 6.36. The molecule has 0 aromatic carbocycles. The molecule has 0 spiro atoms. The third kappa shape index (κ3) is 2.39. The number of aromatic nitrogens is 3. The SMILES string of the molecule is OC1CCN(c2cc(C3CCCCC3)nc3ccnn23)C1. The molecule has 1 atom stereocenters. The first-order chi connectivity index (χ1) is 10.3. The summed E-state index contributed by atoms with van der Waals surface area (Å²) in [6, 6.07) is 4.18. The van der Waals surface area contributed by atoms with Crippen LogP contribution in [-0.2, 0) is 0 Å². The number of anilines is 1. The van der Waals surface area contributed by atoms with Crippen molar-refractivity contribution in [2.45, 2.75) is 50.5 Å². The van der Waals surface area contributed by atoms with Crippen LogP contribution in [0.15, 0.2) is 18.3 Å². The molecule has 3 heterocycles. The van der Waals surface area contributed by atoms with E-state index in [9.17, 15) is 5.11 Å². The largest absolute Gasteiger partial charge is 0.391 e. The first kappa shape index (κ1) is 13.1. The van der Waals surface area contributed by atoms with Crippen LogP contribution >= 0.6 is 0 Å². The number of nitrogens with zero attached hydrogens (tertiary/aromatic N) is 4. The van der Waals surface area contributed by atoms with Crippen LogP contribution in [0.4, 0.5) is 5.82 Å². The summed E-state index contributed by atoms with van der Waals surface area (Å²) >= 11 is 0. The molecule has 2 aromatic rings. The summed E-state index contributed by atoms with van der Waals surface area (Å²) in [4.78, 5) is 7.06. The molecule has 1 aliphatic carbocycles. The molecule has 1 saturated heterocycles. The van der Waals surface area contributed by atoms with Crippen molar-refractivity contribution in [3.05, 3.63) is 24.0 Å². The maximum atomic E-state index is 9.81. The van der Waals surface area contributed by atoms with E-state index in [1.807, 2.05) is 16.8 Å². The van der Waals surface area contributed by atoms with Crippen molar-refractivity contribution in [2.75, 3.05) is 18.0 Å². The molecule has 112 valence electrons. The molecule has 5 heteroatoms. The van der Waals surface area contributed by atoms with Gasteiger partial charge in [0.15, 0.2) is 5.65 Å². The van der Waals surface area contributed by atoms with E-state index in [2.05, 4.69) is 16.1 Å². The van der Waals surface area contributed by atoms with E-state index >= 15 is 0 Å². The lowest BCUT2D eigenvalue weighted by molar-refractivity contribution is 0.198. The minimum absolute atomic E-state index is 0.220. The Morgan fingerprint density at radius 1 is 1.14 bits per heavy atom. The fraction of sp³-hybridized carbons (Fsp3) is 0.625. The van der Waals surface area contributed by atoms with Gasteiger partial charge in [0.2, 0.25) is 0 Å². The van der Waals surface area contributed by atoms with Crippen LogP contribution < -0.4 is 4.90 Å². The molecule has 1 N–H and O–H groups in total. The molecule has 0 amide bonds. The number of aliphatic hydroxyl groups excluding tert-OH is 1. The van der Waals surface area contributed by atoms with Crippen LogP contribution in [0.5, 0.6) is 0 Å². The van der Waals surface area contributed by atoms with Gasteiger partial charge in [-0.05, 0) is 19.3 Å². The molecule has 1 saturated carbocycles. The van der Waals surface area contributed by atoms with Crippen molar-refractivity contribution >= 4 is 11.5 Å². The molecule has 0 bridgehead atoms. The van der Waals surface area contributed by atoms with Gasteiger partial charge in [0.25, 0.3) is 0 Å². The minimum atomic E-state index is -0.220. The van der Waals surface area contributed by atoms with Gasteiger partial charge in [0, 0.05) is 36.8 Å². The van der Waals surface area contributed by atoms with Crippen LogP contribution in [0.2, 0.25) is 0 Å². The molecular formula is C16H22N4O. The van der Waals surface area contributed by atoms with Gasteiger partial charge in [-0.3, -0.25) is 0 Å². The Bertz CT molecular complexity index is 632. The molecule has 5 nitrogen and oxygen atoms in total. The topological polar surface area (TPSA) is 53.7 Å². The highest BCUT2D eigenvalue weighted by Gasteiger charge is 2.25. The summed E-state index contributed by atoms with van der Waals surface area (Å²) in [7, 11) is 0. The zero-order valence-corrected chi connectivity index (χ0v) is 12.3. The Kier molecular flexibility index (Phi) is 3.30. The molecule has 2 aliphatic rings. The van der Waals surface area contributed by atoms with Crippen LogP contribution in [0.1, 0.15) is 50.1 Å². The fourth-order valence-corrected chi connectivity index (χ4v) is 3.70. The molecule has 4 rings (SSSR count). The van der Waals surface area contributed by atoms with Crippen molar-refractivity contribution < 1.29 is 5.11 Å². The number of fused-ring (bicyclic) bond motifs is 1. The van der Waals surface area contributed by atoms with Crippen LogP contribution in [0.3, 0.4) is 0 Å². The summed E-state index contributed by atoms with van der Waals surface area (Å²) < 4.78 is 1.91. The molecule has 1 aliphatic heterocycles. The highest BCUT2D eigenvalue weighted by Crippen LogP contribution is 2.34. The van der Waals surface area contributed by atoms with Crippen molar-refractivity contribution in [1.29, 1.82) is 0 Å². The van der Waals surface area contributed by atoms with Gasteiger partial charge >= 0.3 is 0 Å². The normalized spacial score (nSPS) is 24.0. The maximum absolute atomic E-state index is 9.81. The first-order valence-corrected chi connectivity index (χ1v) is 8.09. The smallest absolute Gasteiger partial charge is 0.157 e. The summed E-state index contributed by atoms with van der Waals surface area (Å²) in [5, 5.41) is 14.2. The lowest BCUT2D eigenvalue weighted by Crippen LogP contribution is -2.24. The second-order valence-corrected chi connectivity index (χ2v) is 6.36. The lowest BCUT2D eigenvalue weighted by Gasteiger charge is -2.24. The summed E-state index contributed by atoms with van der Waals surface area (Å²) in [5.74, 6) is 1.67. The Labute approximate surface area is 124 Å². The van der Waals surface area contributed by atoms with E-state index in [0.29, 0.717) is 12.5 Å². The van der Waals surface area contributed by atoms with Gasteiger partial charge in [-0.1, -0.05) is 19.3 Å². The van der Waals surface area contributed by atoms with Crippen LogP contribution in [0, 0.1) is 0 Å². The predicted molar refractivity (Wildman–Crippen MR) is 81.6 cm³/mol. The van der Waals surface area contributed by atoms with Gasteiger partial charge in [0.1, 0.15) is 5.82 Å². The molecule has 21 heavy (non-hydrogen) atoms. The van der Waals surface area contributed by atoms with E-state index in [1.165, 1.54) is 37.8 Å². The number of aliphatic hydroxyl groups is 1. The molecular weight excluding hydrogens is 264 g/mol. The van der Waals surface area contributed by atoms with E-state index < -0.39 is 0 Å². The zero-order chi connectivity index (χ0) is 14.2. The highest BCUT2D eigenvalue weighted by atomic mass is 16.3. The number of hydrogen-bond acceptors (Lipinski definition) is 4. The Hall–Kier alpha value is -1.62. The fourth-order valence-electron chi connectivity index (χ4n) is 3.70. The number of rotatable bonds is 2. The zero-order valence-electron chi connectivity index (χ0n) is 12.3. The first-order valence-electron chi connectivity index (χ1n) is 8.09. The third-order valence-electron chi connectivity index (χ3n) is 4.87. The van der Waals surface area contributed by atoms with E-state index in [1.54, 1.807) is 0 Å². The van der Waals surface area contributed by atoms with Gasteiger partial charge < -0.3 is 10.0 Å². The van der Waals surface area contributed by atoms with E-state index in [4.69, 9.17) is 4.98 Å². The average Bonchev–Trinajstić information content (AvgIpc) is 3.15. The van der Waals surface area contributed by atoms with Crippen LogP contribution in [-0.4, -0.2) is 38.9 Å². The van der Waals surface area contributed by atoms with E-state index in [-0.39, 0.29) is 6.10 Å². The quantitative estimate of drug-likeness (QED) is 0.920. The Balaban J connectivity index is 1.75. The lowest BCUT2D eigenvalue weighted by atomic mass is 9.87. The summed E-state index contributed by atoms with van der Waals surface area (Å²) in [6.07, 6.45) is 8.91. The Morgan fingerprint density at radius 3 is 2.76 bits per heavy atom.